The van der Waals surface area contributed by atoms with Crippen molar-refractivity contribution in [2.45, 2.75) is 6.61 Å². The maximum Gasteiger partial charge on any atom is 0.261 e. The number of benzene rings is 3. The number of hydrogen-bond acceptors (Lipinski definition) is 5. The van der Waals surface area contributed by atoms with Crippen molar-refractivity contribution in [3.05, 3.63) is 106 Å². The van der Waals surface area contributed by atoms with Crippen molar-refractivity contribution >= 4 is 28.1 Å². The summed E-state index contributed by atoms with van der Waals surface area (Å²) >= 11 is 0. The zero-order valence-electron chi connectivity index (χ0n) is 17.3. The molecule has 160 valence electrons. The topological polar surface area (TPSA) is 112 Å². The van der Waals surface area contributed by atoms with Crippen LogP contribution < -0.4 is 15.6 Å². The number of aromatic amines is 1. The van der Waals surface area contributed by atoms with E-state index in [1.807, 2.05) is 18.2 Å². The van der Waals surface area contributed by atoms with Gasteiger partial charge in [-0.3, -0.25) is 9.59 Å². The number of hydrogen-bond donors (Lipinski definition) is 2. The Bertz CT molecular complexity index is 1590. The maximum atomic E-state index is 12.8. The van der Waals surface area contributed by atoms with Gasteiger partial charge in [-0.2, -0.15) is 10.4 Å². The van der Waals surface area contributed by atoms with Gasteiger partial charge in [-0.25, -0.2) is 4.52 Å². The van der Waals surface area contributed by atoms with Crippen molar-refractivity contribution in [2.24, 2.45) is 0 Å². The molecule has 5 rings (SSSR count). The molecule has 0 fully saturated rings. The Morgan fingerprint density at radius 2 is 1.91 bits per heavy atom. The van der Waals surface area contributed by atoms with E-state index >= 15 is 0 Å². The first-order chi connectivity index (χ1) is 16.1. The second kappa shape index (κ2) is 8.32. The molecule has 3 aromatic carbocycles. The molecule has 0 unspecified atom stereocenters. The van der Waals surface area contributed by atoms with E-state index in [1.165, 1.54) is 6.20 Å². The third-order valence-electron chi connectivity index (χ3n) is 5.20. The fourth-order valence-electron chi connectivity index (χ4n) is 3.57. The number of nitrogens with one attached hydrogen (secondary N) is 2. The van der Waals surface area contributed by atoms with Crippen molar-refractivity contribution in [1.82, 2.24) is 14.6 Å². The van der Waals surface area contributed by atoms with Gasteiger partial charge in [-0.1, -0.05) is 24.3 Å². The molecule has 0 atom stereocenters. The van der Waals surface area contributed by atoms with Crippen LogP contribution in [0, 0.1) is 11.3 Å². The highest BCUT2D eigenvalue weighted by Gasteiger charge is 2.16. The van der Waals surface area contributed by atoms with Crippen LogP contribution in [0.1, 0.15) is 21.5 Å². The summed E-state index contributed by atoms with van der Waals surface area (Å²) in [5.41, 5.74) is 2.97. The summed E-state index contributed by atoms with van der Waals surface area (Å²) in [4.78, 5) is 28.0. The van der Waals surface area contributed by atoms with E-state index in [0.29, 0.717) is 40.2 Å². The molecule has 8 nitrogen and oxygen atoms in total. The summed E-state index contributed by atoms with van der Waals surface area (Å²) < 4.78 is 7.31. The number of para-hydroxylation sites is 1. The Kier molecular flexibility index (Phi) is 5.05. The fraction of sp³-hybridized carbons (Fsp3) is 0.0400. The van der Waals surface area contributed by atoms with E-state index in [4.69, 9.17) is 10.00 Å². The molecule has 8 heteroatoms. The van der Waals surface area contributed by atoms with Gasteiger partial charge < -0.3 is 15.0 Å². The first kappa shape index (κ1) is 20.0. The van der Waals surface area contributed by atoms with Crippen molar-refractivity contribution in [2.75, 3.05) is 5.32 Å². The van der Waals surface area contributed by atoms with Crippen LogP contribution in [0.3, 0.4) is 0 Å². The number of nitriles is 1. The van der Waals surface area contributed by atoms with Crippen LogP contribution in [-0.2, 0) is 6.61 Å². The van der Waals surface area contributed by atoms with Gasteiger partial charge in [0.05, 0.1) is 28.7 Å². The average molecular weight is 435 g/mol. The minimum absolute atomic E-state index is 0.260. The highest BCUT2D eigenvalue weighted by atomic mass is 16.5. The molecular weight excluding hydrogens is 418 g/mol. The van der Waals surface area contributed by atoms with E-state index in [9.17, 15) is 9.59 Å². The molecule has 2 heterocycles. The number of rotatable bonds is 5. The molecular formula is C25H17N5O3. The van der Waals surface area contributed by atoms with E-state index in [1.54, 1.807) is 59.1 Å². The summed E-state index contributed by atoms with van der Waals surface area (Å²) in [6, 6.07) is 23.3. The number of nitrogens with zero attached hydrogens (tertiary/aromatic N) is 3. The van der Waals surface area contributed by atoms with Crippen LogP contribution in [0.25, 0.3) is 16.6 Å². The van der Waals surface area contributed by atoms with E-state index < -0.39 is 5.91 Å². The number of fused-ring (bicyclic) bond motifs is 3. The fourth-order valence-corrected chi connectivity index (χ4v) is 3.57. The Balaban J connectivity index is 1.31. The molecule has 2 N–H and O–H groups in total. The molecule has 0 radical (unpaired) electrons. The summed E-state index contributed by atoms with van der Waals surface area (Å²) in [6.45, 7) is 0.324. The van der Waals surface area contributed by atoms with Crippen molar-refractivity contribution in [3.8, 4) is 11.8 Å². The lowest BCUT2D eigenvalue weighted by atomic mass is 10.1. The molecule has 0 bridgehead atoms. The molecule has 0 saturated carbocycles. The molecule has 0 spiro atoms. The SMILES string of the molecule is N#Cc1cccc(COc2ccc(NC(=O)c3cnn4c3[nH]c(=O)c3ccccc34)cc2)c1. The van der Waals surface area contributed by atoms with Crippen LogP contribution in [0.5, 0.6) is 5.75 Å². The van der Waals surface area contributed by atoms with E-state index in [0.717, 1.165) is 5.56 Å². The Morgan fingerprint density at radius 3 is 2.73 bits per heavy atom. The number of anilines is 1. The second-order valence-corrected chi connectivity index (χ2v) is 7.37. The predicted molar refractivity (Wildman–Crippen MR) is 123 cm³/mol. The standard InChI is InChI=1S/C25H17N5O3/c26-13-16-4-3-5-17(12-16)15-33-19-10-8-18(9-11-19)28-25(32)21-14-27-30-22-7-2-1-6-20(22)24(31)29-23(21)30/h1-12,14H,15H2,(H,28,32)(H,29,31). The maximum absolute atomic E-state index is 12.8. The van der Waals surface area contributed by atoms with Crippen LogP contribution in [-0.4, -0.2) is 20.5 Å². The molecule has 0 saturated heterocycles. The number of carbonyl (C=O) groups excluding carboxylic acids is 1. The third kappa shape index (κ3) is 3.91. The van der Waals surface area contributed by atoms with Gasteiger partial charge in [-0.15, -0.1) is 0 Å². The zero-order valence-corrected chi connectivity index (χ0v) is 17.3. The number of carbonyl (C=O) groups is 1. The van der Waals surface area contributed by atoms with E-state index in [-0.39, 0.29) is 11.1 Å². The number of ether oxygens (including phenoxy) is 1. The monoisotopic (exact) mass is 435 g/mol. The lowest BCUT2D eigenvalue weighted by Crippen LogP contribution is -2.15. The number of amides is 1. The number of aromatic nitrogens is 3. The largest absolute Gasteiger partial charge is 0.489 e. The quantitative estimate of drug-likeness (QED) is 0.435. The normalized spacial score (nSPS) is 10.8. The van der Waals surface area contributed by atoms with Gasteiger partial charge in [0, 0.05) is 5.69 Å². The summed E-state index contributed by atoms with van der Waals surface area (Å²) in [5.74, 6) is 0.236. The van der Waals surface area contributed by atoms with Crippen LogP contribution in [0.4, 0.5) is 5.69 Å². The predicted octanol–water partition coefficient (Wildman–Crippen LogP) is 3.88. The highest BCUT2D eigenvalue weighted by Crippen LogP contribution is 2.20. The van der Waals surface area contributed by atoms with Crippen LogP contribution in [0.2, 0.25) is 0 Å². The molecule has 0 aliphatic rings. The summed E-state index contributed by atoms with van der Waals surface area (Å²) in [5, 5.41) is 16.6. The van der Waals surface area contributed by atoms with Gasteiger partial charge in [0.2, 0.25) is 0 Å². The van der Waals surface area contributed by atoms with Crippen molar-refractivity contribution in [3.63, 3.8) is 0 Å². The average Bonchev–Trinajstić information content (AvgIpc) is 3.28. The van der Waals surface area contributed by atoms with Gasteiger partial charge >= 0.3 is 0 Å². The molecule has 0 aliphatic heterocycles. The van der Waals surface area contributed by atoms with Gasteiger partial charge in [-0.05, 0) is 54.1 Å². The molecule has 2 aromatic heterocycles. The van der Waals surface area contributed by atoms with Gasteiger partial charge in [0.15, 0.2) is 0 Å². The Hall–Kier alpha value is -4.90. The van der Waals surface area contributed by atoms with Gasteiger partial charge in [0.25, 0.3) is 11.5 Å². The second-order valence-electron chi connectivity index (χ2n) is 7.37. The Labute approximate surface area is 187 Å². The van der Waals surface area contributed by atoms with Gasteiger partial charge in [0.1, 0.15) is 23.6 Å². The third-order valence-corrected chi connectivity index (χ3v) is 5.20. The summed E-state index contributed by atoms with van der Waals surface area (Å²) in [6.07, 6.45) is 1.43. The molecule has 1 amide bonds. The number of H-pyrrole nitrogens is 1. The van der Waals surface area contributed by atoms with E-state index in [2.05, 4.69) is 21.5 Å². The first-order valence-electron chi connectivity index (χ1n) is 10.1. The van der Waals surface area contributed by atoms with Crippen LogP contribution >= 0.6 is 0 Å². The highest BCUT2D eigenvalue weighted by molar-refractivity contribution is 6.08. The minimum Gasteiger partial charge on any atom is -0.489 e. The smallest absolute Gasteiger partial charge is 0.261 e. The van der Waals surface area contributed by atoms with Crippen LogP contribution in [0.15, 0.2) is 83.8 Å². The lowest BCUT2D eigenvalue weighted by molar-refractivity contribution is 0.102. The molecule has 5 aromatic rings. The zero-order chi connectivity index (χ0) is 22.8. The first-order valence-corrected chi connectivity index (χ1v) is 10.1. The minimum atomic E-state index is -0.391. The molecule has 33 heavy (non-hydrogen) atoms. The van der Waals surface area contributed by atoms with Crippen molar-refractivity contribution in [1.29, 1.82) is 5.26 Å². The Morgan fingerprint density at radius 1 is 1.09 bits per heavy atom. The summed E-state index contributed by atoms with van der Waals surface area (Å²) in [7, 11) is 0. The molecule has 0 aliphatic carbocycles. The van der Waals surface area contributed by atoms with Crippen molar-refractivity contribution < 1.29 is 9.53 Å². The lowest BCUT2D eigenvalue weighted by Gasteiger charge is -2.08.